The number of nitrogens with one attached hydrogen (secondary N) is 2. The third-order valence-corrected chi connectivity index (χ3v) is 6.76. The van der Waals surface area contributed by atoms with E-state index >= 15 is 0 Å². The number of aryl methyl sites for hydroxylation is 1. The van der Waals surface area contributed by atoms with Crippen LogP contribution in [0.1, 0.15) is 29.2 Å². The first-order valence-corrected chi connectivity index (χ1v) is 12.0. The van der Waals surface area contributed by atoms with E-state index in [9.17, 15) is 14.4 Å². The maximum atomic E-state index is 13.0. The van der Waals surface area contributed by atoms with Crippen LogP contribution in [0.4, 0.5) is 5.69 Å². The molecule has 2 atom stereocenters. The smallest absolute Gasteiger partial charge is 0.308 e. The molecule has 1 heterocycles. The summed E-state index contributed by atoms with van der Waals surface area (Å²) < 4.78 is 5.64. The van der Waals surface area contributed by atoms with Gasteiger partial charge in [0.05, 0.1) is 17.4 Å². The quantitative estimate of drug-likeness (QED) is 0.472. The summed E-state index contributed by atoms with van der Waals surface area (Å²) in [6, 6.07) is 24.6. The Labute approximate surface area is 203 Å². The standard InChI is InChI=1S/C27H26N2O4S/c1-18-11-13-20(14-12-18)25(27(32)28-16-15-19-7-3-2-4-8-19)33-24(30)17-23-26(31)29-21-9-5-6-10-22(21)34-23/h2-14,23,25H,15-17H2,1H3,(H,28,32)(H,29,31)/t23-,25+/m1/s1. The van der Waals surface area contributed by atoms with Gasteiger partial charge in [-0.25, -0.2) is 0 Å². The van der Waals surface area contributed by atoms with Crippen LogP contribution in [0.25, 0.3) is 0 Å². The molecule has 7 heteroatoms. The molecule has 2 N–H and O–H groups in total. The first-order valence-electron chi connectivity index (χ1n) is 11.1. The zero-order valence-corrected chi connectivity index (χ0v) is 19.6. The molecule has 0 fully saturated rings. The summed E-state index contributed by atoms with van der Waals surface area (Å²) >= 11 is 1.32. The average molecular weight is 475 g/mol. The summed E-state index contributed by atoms with van der Waals surface area (Å²) in [5, 5.41) is 5.08. The van der Waals surface area contributed by atoms with Gasteiger partial charge >= 0.3 is 5.97 Å². The lowest BCUT2D eigenvalue weighted by Gasteiger charge is -2.24. The molecule has 34 heavy (non-hydrogen) atoms. The third-order valence-electron chi connectivity index (χ3n) is 5.48. The molecule has 3 aromatic carbocycles. The lowest BCUT2D eigenvalue weighted by Crippen LogP contribution is -2.35. The first kappa shape index (κ1) is 23.6. The Kier molecular flexibility index (Phi) is 7.65. The molecular formula is C27H26N2O4S. The molecule has 6 nitrogen and oxygen atoms in total. The number of rotatable bonds is 8. The Balaban J connectivity index is 1.41. The summed E-state index contributed by atoms with van der Waals surface area (Å²) in [6.07, 6.45) is -0.558. The third kappa shape index (κ3) is 6.05. The van der Waals surface area contributed by atoms with Gasteiger partial charge in [0.25, 0.3) is 5.91 Å². The number of hydrogen-bond acceptors (Lipinski definition) is 5. The molecule has 2 amide bonds. The van der Waals surface area contributed by atoms with Gasteiger partial charge in [0.2, 0.25) is 12.0 Å². The molecule has 0 aliphatic carbocycles. The first-order chi connectivity index (χ1) is 16.5. The van der Waals surface area contributed by atoms with Crippen molar-refractivity contribution in [1.29, 1.82) is 0 Å². The Morgan fingerprint density at radius 3 is 2.47 bits per heavy atom. The monoisotopic (exact) mass is 474 g/mol. The highest BCUT2D eigenvalue weighted by Crippen LogP contribution is 2.37. The van der Waals surface area contributed by atoms with E-state index in [1.165, 1.54) is 11.8 Å². The van der Waals surface area contributed by atoms with Gasteiger partial charge in [-0.15, -0.1) is 11.8 Å². The molecule has 4 rings (SSSR count). The number of para-hydroxylation sites is 1. The van der Waals surface area contributed by atoms with E-state index in [0.717, 1.165) is 21.7 Å². The number of hydrogen-bond donors (Lipinski definition) is 2. The highest BCUT2D eigenvalue weighted by Gasteiger charge is 2.32. The van der Waals surface area contributed by atoms with E-state index in [1.807, 2.05) is 73.7 Å². The van der Waals surface area contributed by atoms with Crippen LogP contribution >= 0.6 is 11.8 Å². The topological polar surface area (TPSA) is 84.5 Å². The van der Waals surface area contributed by atoms with Crippen molar-refractivity contribution >= 4 is 35.2 Å². The van der Waals surface area contributed by atoms with Gasteiger partial charge in [0.15, 0.2) is 0 Å². The van der Waals surface area contributed by atoms with E-state index < -0.39 is 17.3 Å². The fourth-order valence-corrected chi connectivity index (χ4v) is 4.73. The second-order valence-electron chi connectivity index (χ2n) is 8.10. The van der Waals surface area contributed by atoms with Gasteiger partial charge in [-0.3, -0.25) is 14.4 Å². The van der Waals surface area contributed by atoms with E-state index in [2.05, 4.69) is 10.6 Å². The average Bonchev–Trinajstić information content (AvgIpc) is 2.84. The Morgan fingerprint density at radius 1 is 1.00 bits per heavy atom. The highest BCUT2D eigenvalue weighted by molar-refractivity contribution is 8.01. The maximum absolute atomic E-state index is 13.0. The number of benzene rings is 3. The number of anilines is 1. The fraction of sp³-hybridized carbons (Fsp3) is 0.222. The zero-order chi connectivity index (χ0) is 23.9. The number of esters is 1. The van der Waals surface area contributed by atoms with Crippen LogP contribution in [-0.4, -0.2) is 29.6 Å². The molecule has 1 aliphatic heterocycles. The van der Waals surface area contributed by atoms with Crippen molar-refractivity contribution < 1.29 is 19.1 Å². The van der Waals surface area contributed by atoms with Crippen molar-refractivity contribution in [3.63, 3.8) is 0 Å². The predicted molar refractivity (Wildman–Crippen MR) is 133 cm³/mol. The summed E-state index contributed by atoms with van der Waals surface area (Å²) in [5.74, 6) is -1.24. The van der Waals surface area contributed by atoms with E-state index in [4.69, 9.17) is 4.74 Å². The van der Waals surface area contributed by atoms with E-state index in [-0.39, 0.29) is 18.2 Å². The zero-order valence-electron chi connectivity index (χ0n) is 18.8. The van der Waals surface area contributed by atoms with Gasteiger partial charge in [-0.1, -0.05) is 72.3 Å². The molecule has 0 radical (unpaired) electrons. The molecule has 0 saturated carbocycles. The van der Waals surface area contributed by atoms with Crippen molar-refractivity contribution in [1.82, 2.24) is 5.32 Å². The van der Waals surface area contributed by atoms with E-state index in [1.54, 1.807) is 12.1 Å². The largest absolute Gasteiger partial charge is 0.447 e. The van der Waals surface area contributed by atoms with Crippen LogP contribution < -0.4 is 10.6 Å². The molecule has 0 unspecified atom stereocenters. The lowest BCUT2D eigenvalue weighted by atomic mass is 10.1. The van der Waals surface area contributed by atoms with Gasteiger partial charge in [0, 0.05) is 17.0 Å². The minimum absolute atomic E-state index is 0.134. The Bertz CT molecular complexity index is 1160. The predicted octanol–water partition coefficient (Wildman–Crippen LogP) is 4.44. The van der Waals surface area contributed by atoms with Gasteiger partial charge in [-0.05, 0) is 31.0 Å². The van der Waals surface area contributed by atoms with Crippen LogP contribution in [0.3, 0.4) is 0 Å². The second kappa shape index (κ2) is 11.0. The number of ether oxygens (including phenoxy) is 1. The summed E-state index contributed by atoms with van der Waals surface area (Å²) in [6.45, 7) is 2.36. The van der Waals surface area contributed by atoms with Crippen molar-refractivity contribution in [2.45, 2.75) is 36.0 Å². The molecule has 174 valence electrons. The summed E-state index contributed by atoms with van der Waals surface area (Å²) in [7, 11) is 0. The van der Waals surface area contributed by atoms with Crippen molar-refractivity contribution in [2.24, 2.45) is 0 Å². The lowest BCUT2D eigenvalue weighted by molar-refractivity contribution is -0.156. The summed E-state index contributed by atoms with van der Waals surface area (Å²) in [5.41, 5.74) is 3.46. The molecule has 1 aliphatic rings. The van der Waals surface area contributed by atoms with Crippen LogP contribution in [0, 0.1) is 6.92 Å². The molecule has 0 saturated heterocycles. The highest BCUT2D eigenvalue weighted by atomic mass is 32.2. The van der Waals surface area contributed by atoms with Gasteiger partial charge in [-0.2, -0.15) is 0 Å². The van der Waals surface area contributed by atoms with Crippen LogP contribution in [0.5, 0.6) is 0 Å². The molecular weight excluding hydrogens is 448 g/mol. The SMILES string of the molecule is Cc1ccc([C@H](OC(=O)C[C@H]2Sc3ccccc3NC2=O)C(=O)NCCc2ccccc2)cc1. The number of thioether (sulfide) groups is 1. The van der Waals surface area contributed by atoms with Crippen LogP contribution in [0.2, 0.25) is 0 Å². The number of carbonyl (C=O) groups is 3. The van der Waals surface area contributed by atoms with Crippen molar-refractivity contribution in [3.8, 4) is 0 Å². The van der Waals surface area contributed by atoms with Gasteiger partial charge < -0.3 is 15.4 Å². The van der Waals surface area contributed by atoms with Crippen LogP contribution in [0.15, 0.2) is 83.8 Å². The molecule has 0 aromatic heterocycles. The van der Waals surface area contributed by atoms with Crippen molar-refractivity contribution in [2.75, 3.05) is 11.9 Å². The second-order valence-corrected chi connectivity index (χ2v) is 9.35. The Hall–Kier alpha value is -3.58. The molecule has 3 aromatic rings. The summed E-state index contributed by atoms with van der Waals surface area (Å²) in [4.78, 5) is 39.2. The Morgan fingerprint density at radius 2 is 1.71 bits per heavy atom. The number of carbonyl (C=O) groups excluding carboxylic acids is 3. The number of fused-ring (bicyclic) bond motifs is 1. The molecule has 0 bridgehead atoms. The van der Waals surface area contributed by atoms with Crippen molar-refractivity contribution in [3.05, 3.63) is 95.6 Å². The maximum Gasteiger partial charge on any atom is 0.308 e. The fourth-order valence-electron chi connectivity index (χ4n) is 3.64. The van der Waals surface area contributed by atoms with Crippen LogP contribution in [-0.2, 0) is 25.5 Å². The minimum atomic E-state index is -1.09. The minimum Gasteiger partial charge on any atom is -0.447 e. The normalized spacial score (nSPS) is 15.6. The number of amides is 2. The van der Waals surface area contributed by atoms with E-state index in [0.29, 0.717) is 18.5 Å². The van der Waals surface area contributed by atoms with Gasteiger partial charge in [0.1, 0.15) is 0 Å². The molecule has 0 spiro atoms.